The van der Waals surface area contributed by atoms with Gasteiger partial charge in [0.25, 0.3) is 0 Å². The Morgan fingerprint density at radius 1 is 0.192 bits per heavy atom. The smallest absolute Gasteiger partial charge is 0.131 e. The van der Waals surface area contributed by atoms with E-state index in [1.54, 1.807) is 0 Å². The fourth-order valence-electron chi connectivity index (χ4n) is 13.5. The van der Waals surface area contributed by atoms with Crippen LogP contribution in [0.25, 0.3) is 0 Å². The van der Waals surface area contributed by atoms with Crippen molar-refractivity contribution in [3.63, 3.8) is 0 Å². The van der Waals surface area contributed by atoms with Gasteiger partial charge in [0.05, 0.1) is 0 Å². The Kier molecular flexibility index (Phi) is 13.9. The van der Waals surface area contributed by atoms with Crippen LogP contribution >= 0.6 is 0 Å². The number of hydrogen-bond donors (Lipinski definition) is 4. The van der Waals surface area contributed by atoms with Crippen LogP contribution in [0, 0.1) is 116 Å². The van der Waals surface area contributed by atoms with E-state index in [1.807, 2.05) is 208 Å². The lowest BCUT2D eigenvalue weighted by molar-refractivity contribution is -0.324. The highest BCUT2D eigenvalue weighted by atomic mass is 16.4. The predicted molar refractivity (Wildman–Crippen MR) is 302 cm³/mol. The Balaban J connectivity index is 1.96. The van der Waals surface area contributed by atoms with Gasteiger partial charge in [-0.3, -0.25) is 0 Å². The van der Waals surface area contributed by atoms with Crippen molar-refractivity contribution >= 4 is 0 Å². The van der Waals surface area contributed by atoms with Gasteiger partial charge in [-0.15, -0.1) is 0 Å². The average Bonchev–Trinajstić information content (AvgIpc) is 3.28. The van der Waals surface area contributed by atoms with Crippen LogP contribution in [0.1, 0.15) is 134 Å². The largest absolute Gasteiger partial charge is 0.379 e. The molecule has 8 rings (SSSR count). The molecule has 0 bridgehead atoms. The third-order valence-electron chi connectivity index (χ3n) is 16.3. The fraction of sp³-hybridized carbons (Fsp3) is 0.304. The first kappa shape index (κ1) is 52.9. The molecule has 4 heteroatoms. The number of hydrogen-bond acceptors (Lipinski definition) is 4. The summed E-state index contributed by atoms with van der Waals surface area (Å²) in [5.74, 6) is 0. The summed E-state index contributed by atoms with van der Waals surface area (Å²) in [6.45, 7) is 32.2. The maximum atomic E-state index is 16.6. The highest BCUT2D eigenvalue weighted by molar-refractivity contribution is 5.67. The Labute approximate surface area is 436 Å². The van der Waals surface area contributed by atoms with Crippen LogP contribution in [0.15, 0.2) is 146 Å². The highest BCUT2D eigenvalue weighted by Crippen LogP contribution is 2.76. The standard InChI is InChI=1S/C69H76O4/c1-41-17-25-57(49(9)33-41)65(70,58-26-18-42(2)34-50(58)10)69(66(71,59-27-19-43(3)35-51(59)11)60-28-20-44(4)36-52(60)12,67(72,61-29-21-45(5)37-53(61)13)62-30-22-46(6)38-54(62)14)68(73,63-31-23-47(7)39-55(63)15)64-32-24-48(8)40-56(64)16/h17-40,70-73H,1-16H3. The van der Waals surface area contributed by atoms with Gasteiger partial charge in [-0.05, 0) is 200 Å². The number of rotatable bonds is 12. The quantitative estimate of drug-likeness (QED) is 0.0983. The van der Waals surface area contributed by atoms with Crippen LogP contribution in [0.4, 0.5) is 0 Å². The molecule has 0 unspecified atom stereocenters. The van der Waals surface area contributed by atoms with Crippen molar-refractivity contribution in [2.45, 2.75) is 133 Å². The lowest BCUT2D eigenvalue weighted by atomic mass is 9.36. The Morgan fingerprint density at radius 2 is 0.301 bits per heavy atom. The molecular formula is C69H76O4. The van der Waals surface area contributed by atoms with E-state index in [0.29, 0.717) is 89.0 Å². The second-order valence-corrected chi connectivity index (χ2v) is 22.1. The van der Waals surface area contributed by atoms with Crippen LogP contribution in [0.2, 0.25) is 0 Å². The first-order chi connectivity index (χ1) is 34.3. The topological polar surface area (TPSA) is 80.9 Å². The van der Waals surface area contributed by atoms with E-state index in [-0.39, 0.29) is 0 Å². The fourth-order valence-corrected chi connectivity index (χ4v) is 13.5. The van der Waals surface area contributed by atoms with Gasteiger partial charge in [0, 0.05) is 0 Å². The predicted octanol–water partition coefficient (Wildman–Crippen LogP) is 14.7. The van der Waals surface area contributed by atoms with Crippen LogP contribution in [0.5, 0.6) is 0 Å². The van der Waals surface area contributed by atoms with Crippen molar-refractivity contribution in [2.75, 3.05) is 0 Å². The second kappa shape index (κ2) is 19.1. The Hall–Kier alpha value is -6.40. The molecule has 376 valence electrons. The molecule has 4 nitrogen and oxygen atoms in total. The molecule has 73 heavy (non-hydrogen) atoms. The summed E-state index contributed by atoms with van der Waals surface area (Å²) in [6, 6.07) is 48.1. The molecule has 0 aliphatic carbocycles. The molecule has 0 aromatic heterocycles. The molecule has 0 saturated carbocycles. The van der Waals surface area contributed by atoms with Crippen LogP contribution in [0.3, 0.4) is 0 Å². The van der Waals surface area contributed by atoms with Gasteiger partial charge >= 0.3 is 0 Å². The molecule has 0 amide bonds. The highest BCUT2D eigenvalue weighted by Gasteiger charge is 2.83. The minimum absolute atomic E-state index is 0.416. The van der Waals surface area contributed by atoms with Crippen molar-refractivity contribution in [2.24, 2.45) is 5.41 Å². The van der Waals surface area contributed by atoms with Gasteiger partial charge in [0.2, 0.25) is 0 Å². The van der Waals surface area contributed by atoms with E-state index in [9.17, 15) is 0 Å². The van der Waals surface area contributed by atoms with E-state index in [0.717, 1.165) is 44.5 Å². The number of benzene rings is 8. The summed E-state index contributed by atoms with van der Waals surface area (Å²) in [6.07, 6.45) is 0. The Morgan fingerprint density at radius 3 is 0.397 bits per heavy atom. The average molecular weight is 969 g/mol. The van der Waals surface area contributed by atoms with Crippen molar-refractivity contribution in [3.05, 3.63) is 279 Å². The molecule has 0 heterocycles. The van der Waals surface area contributed by atoms with Crippen molar-refractivity contribution < 1.29 is 20.4 Å². The van der Waals surface area contributed by atoms with Gasteiger partial charge in [0.1, 0.15) is 27.8 Å². The van der Waals surface area contributed by atoms with Gasteiger partial charge in [-0.25, -0.2) is 0 Å². The zero-order valence-electron chi connectivity index (χ0n) is 46.1. The third-order valence-corrected chi connectivity index (χ3v) is 16.3. The third kappa shape index (κ3) is 8.05. The molecule has 0 fully saturated rings. The zero-order chi connectivity index (χ0) is 53.3. The van der Waals surface area contributed by atoms with E-state index in [1.165, 1.54) is 0 Å². The summed E-state index contributed by atoms with van der Waals surface area (Å²) < 4.78 is 0. The number of aryl methyl sites for hydroxylation is 16. The molecular weight excluding hydrogens is 893 g/mol. The maximum Gasteiger partial charge on any atom is 0.131 e. The second-order valence-electron chi connectivity index (χ2n) is 22.1. The first-order valence-electron chi connectivity index (χ1n) is 25.8. The molecule has 0 aliphatic heterocycles. The summed E-state index contributed by atoms with van der Waals surface area (Å²) in [5.41, 5.74) is 3.64. The summed E-state index contributed by atoms with van der Waals surface area (Å²) in [5, 5.41) is 66.3. The van der Waals surface area contributed by atoms with Gasteiger partial charge < -0.3 is 20.4 Å². The summed E-state index contributed by atoms with van der Waals surface area (Å²) in [4.78, 5) is 0. The van der Waals surface area contributed by atoms with E-state index < -0.39 is 27.8 Å². The van der Waals surface area contributed by atoms with Crippen LogP contribution < -0.4 is 0 Å². The zero-order valence-corrected chi connectivity index (χ0v) is 46.1. The van der Waals surface area contributed by atoms with Gasteiger partial charge in [-0.2, -0.15) is 0 Å². The Bertz CT molecular complexity index is 2780. The van der Waals surface area contributed by atoms with Crippen LogP contribution in [-0.4, -0.2) is 20.4 Å². The molecule has 0 saturated heterocycles. The van der Waals surface area contributed by atoms with Crippen molar-refractivity contribution in [1.29, 1.82) is 0 Å². The SMILES string of the molecule is Cc1ccc(C(O)(c2ccc(C)cc2C)C(C(O)(c2ccc(C)cc2C)c2ccc(C)cc2C)(C(O)(c2ccc(C)cc2C)c2ccc(C)cc2C)C(O)(c2ccc(C)cc2C)c2ccc(C)cc2C)c(C)c1. The van der Waals surface area contributed by atoms with Crippen LogP contribution in [-0.2, 0) is 22.4 Å². The van der Waals surface area contributed by atoms with Gasteiger partial charge in [-0.1, -0.05) is 190 Å². The number of aliphatic hydroxyl groups is 4. The normalized spacial score (nSPS) is 12.7. The van der Waals surface area contributed by atoms with Crippen molar-refractivity contribution in [3.8, 4) is 0 Å². The summed E-state index contributed by atoms with van der Waals surface area (Å²) >= 11 is 0. The minimum atomic E-state index is -2.75. The summed E-state index contributed by atoms with van der Waals surface area (Å²) in [7, 11) is 0. The van der Waals surface area contributed by atoms with E-state index >= 15 is 20.4 Å². The monoisotopic (exact) mass is 969 g/mol. The molecule has 8 aromatic carbocycles. The maximum absolute atomic E-state index is 16.6. The lowest BCUT2D eigenvalue weighted by Crippen LogP contribution is -2.78. The molecule has 0 atom stereocenters. The van der Waals surface area contributed by atoms with E-state index in [2.05, 4.69) is 48.5 Å². The van der Waals surface area contributed by atoms with Gasteiger partial charge in [0.15, 0.2) is 0 Å². The van der Waals surface area contributed by atoms with E-state index in [4.69, 9.17) is 0 Å². The molecule has 0 spiro atoms. The molecule has 8 aromatic rings. The lowest BCUT2D eigenvalue weighted by Gasteiger charge is -2.69. The molecule has 0 radical (unpaired) electrons. The van der Waals surface area contributed by atoms with Crippen molar-refractivity contribution in [1.82, 2.24) is 0 Å². The molecule has 0 aliphatic rings. The first-order valence-corrected chi connectivity index (χ1v) is 25.8. The minimum Gasteiger partial charge on any atom is -0.379 e. The molecule has 4 N–H and O–H groups in total.